The number of benzene rings is 2. The molecule has 2 aromatic carbocycles. The third-order valence-electron chi connectivity index (χ3n) is 4.11. The third kappa shape index (κ3) is 3.15. The molecule has 0 bridgehead atoms. The standard InChI is InChI=1S/C19H18FNO4/c1-12-18(19(23)24-2)14-11-13(22)7-8-16(14)21(12)9-10-25-17-6-4-3-5-15(17)20/h3-8,11,22H,9-10H2,1-2H3. The number of fused-ring (bicyclic) bond motifs is 1. The van der Waals surface area contributed by atoms with Gasteiger partial charge in [-0.05, 0) is 37.3 Å². The Morgan fingerprint density at radius 2 is 2.00 bits per heavy atom. The Morgan fingerprint density at radius 1 is 1.24 bits per heavy atom. The van der Waals surface area contributed by atoms with E-state index in [2.05, 4.69) is 0 Å². The van der Waals surface area contributed by atoms with Crippen molar-refractivity contribution in [1.29, 1.82) is 0 Å². The Kier molecular flexibility index (Phi) is 4.61. The number of phenols is 1. The van der Waals surface area contributed by atoms with E-state index in [9.17, 15) is 14.3 Å². The molecule has 1 N–H and O–H groups in total. The molecule has 1 aromatic heterocycles. The van der Waals surface area contributed by atoms with Gasteiger partial charge in [-0.2, -0.15) is 0 Å². The van der Waals surface area contributed by atoms with Crippen molar-refractivity contribution in [2.75, 3.05) is 13.7 Å². The van der Waals surface area contributed by atoms with E-state index in [1.807, 2.05) is 4.57 Å². The molecule has 130 valence electrons. The second-order valence-electron chi connectivity index (χ2n) is 5.58. The van der Waals surface area contributed by atoms with Crippen LogP contribution in [0.2, 0.25) is 0 Å². The molecule has 5 nitrogen and oxygen atoms in total. The number of carbonyl (C=O) groups excluding carboxylic acids is 1. The number of carbonyl (C=O) groups is 1. The highest BCUT2D eigenvalue weighted by Gasteiger charge is 2.21. The van der Waals surface area contributed by atoms with Crippen molar-refractivity contribution in [2.45, 2.75) is 13.5 Å². The molecule has 0 aliphatic heterocycles. The number of para-hydroxylation sites is 1. The first-order valence-corrected chi connectivity index (χ1v) is 7.80. The summed E-state index contributed by atoms with van der Waals surface area (Å²) in [5, 5.41) is 10.3. The van der Waals surface area contributed by atoms with Crippen molar-refractivity contribution in [2.24, 2.45) is 0 Å². The van der Waals surface area contributed by atoms with E-state index in [-0.39, 0.29) is 18.1 Å². The number of aromatic hydroxyl groups is 1. The average molecular weight is 343 g/mol. The Labute approximate surface area is 144 Å². The van der Waals surface area contributed by atoms with Crippen LogP contribution < -0.4 is 4.74 Å². The minimum Gasteiger partial charge on any atom is -0.508 e. The number of ether oxygens (including phenoxy) is 2. The number of hydrogen-bond donors (Lipinski definition) is 1. The molecular formula is C19H18FNO4. The van der Waals surface area contributed by atoms with Crippen LogP contribution in [-0.4, -0.2) is 29.4 Å². The minimum absolute atomic E-state index is 0.0670. The van der Waals surface area contributed by atoms with Crippen LogP contribution in [0, 0.1) is 12.7 Å². The first kappa shape index (κ1) is 16.8. The van der Waals surface area contributed by atoms with Gasteiger partial charge in [0.05, 0.1) is 19.2 Å². The number of nitrogens with zero attached hydrogens (tertiary/aromatic N) is 1. The van der Waals surface area contributed by atoms with Gasteiger partial charge in [0, 0.05) is 16.6 Å². The number of halogens is 1. The zero-order valence-corrected chi connectivity index (χ0v) is 14.0. The van der Waals surface area contributed by atoms with Gasteiger partial charge in [-0.15, -0.1) is 0 Å². The van der Waals surface area contributed by atoms with Crippen LogP contribution >= 0.6 is 0 Å². The van der Waals surface area contributed by atoms with Gasteiger partial charge in [0.1, 0.15) is 12.4 Å². The Balaban J connectivity index is 1.92. The maximum Gasteiger partial charge on any atom is 0.340 e. The highest BCUT2D eigenvalue weighted by atomic mass is 19.1. The smallest absolute Gasteiger partial charge is 0.340 e. The van der Waals surface area contributed by atoms with Crippen molar-refractivity contribution in [3.8, 4) is 11.5 Å². The fourth-order valence-electron chi connectivity index (χ4n) is 2.93. The highest BCUT2D eigenvalue weighted by molar-refractivity contribution is 6.06. The summed E-state index contributed by atoms with van der Waals surface area (Å²) in [6.07, 6.45) is 0. The van der Waals surface area contributed by atoms with Crippen LogP contribution in [0.5, 0.6) is 11.5 Å². The van der Waals surface area contributed by atoms with E-state index < -0.39 is 11.8 Å². The molecule has 1 heterocycles. The summed E-state index contributed by atoms with van der Waals surface area (Å²) in [5.41, 5.74) is 1.87. The molecular weight excluding hydrogens is 325 g/mol. The first-order chi connectivity index (χ1) is 12.0. The first-order valence-electron chi connectivity index (χ1n) is 7.80. The van der Waals surface area contributed by atoms with E-state index in [0.717, 1.165) is 5.52 Å². The SMILES string of the molecule is COC(=O)c1c(C)n(CCOc2ccccc2F)c2ccc(O)cc12. The molecule has 0 unspecified atom stereocenters. The maximum atomic E-state index is 13.6. The van der Waals surface area contributed by atoms with Gasteiger partial charge in [-0.3, -0.25) is 0 Å². The van der Waals surface area contributed by atoms with Crippen molar-refractivity contribution >= 4 is 16.9 Å². The van der Waals surface area contributed by atoms with Crippen LogP contribution in [0.3, 0.4) is 0 Å². The zero-order valence-electron chi connectivity index (χ0n) is 14.0. The molecule has 0 saturated carbocycles. The van der Waals surface area contributed by atoms with Gasteiger partial charge in [-0.25, -0.2) is 9.18 Å². The average Bonchev–Trinajstić information content (AvgIpc) is 2.87. The summed E-state index contributed by atoms with van der Waals surface area (Å²) in [6.45, 7) is 2.44. The molecule has 0 aliphatic carbocycles. The number of hydrogen-bond acceptors (Lipinski definition) is 4. The van der Waals surface area contributed by atoms with Crippen LogP contribution in [0.15, 0.2) is 42.5 Å². The van der Waals surface area contributed by atoms with Crippen molar-refractivity contribution in [3.63, 3.8) is 0 Å². The number of rotatable bonds is 5. The van der Waals surface area contributed by atoms with Gasteiger partial charge in [0.25, 0.3) is 0 Å². The molecule has 0 spiro atoms. The molecule has 3 rings (SSSR count). The summed E-state index contributed by atoms with van der Waals surface area (Å²) in [4.78, 5) is 12.1. The minimum atomic E-state index is -0.470. The molecule has 0 atom stereocenters. The molecule has 0 saturated heterocycles. The number of methoxy groups -OCH3 is 1. The van der Waals surface area contributed by atoms with Gasteiger partial charge >= 0.3 is 5.97 Å². The molecule has 0 amide bonds. The van der Waals surface area contributed by atoms with E-state index in [1.54, 1.807) is 37.3 Å². The van der Waals surface area contributed by atoms with E-state index in [1.165, 1.54) is 19.2 Å². The second kappa shape index (κ2) is 6.84. The number of esters is 1. The lowest BCUT2D eigenvalue weighted by Gasteiger charge is -2.11. The monoisotopic (exact) mass is 343 g/mol. The molecule has 0 radical (unpaired) electrons. The Hall–Kier alpha value is -3.02. The molecule has 3 aromatic rings. The fraction of sp³-hybridized carbons (Fsp3) is 0.211. The highest BCUT2D eigenvalue weighted by Crippen LogP contribution is 2.29. The van der Waals surface area contributed by atoms with Crippen LogP contribution in [-0.2, 0) is 11.3 Å². The van der Waals surface area contributed by atoms with Gasteiger partial charge < -0.3 is 19.1 Å². The van der Waals surface area contributed by atoms with Gasteiger partial charge in [-0.1, -0.05) is 12.1 Å². The molecule has 0 fully saturated rings. The predicted molar refractivity (Wildman–Crippen MR) is 91.6 cm³/mol. The summed E-state index contributed by atoms with van der Waals surface area (Å²) >= 11 is 0. The normalized spacial score (nSPS) is 10.8. The summed E-state index contributed by atoms with van der Waals surface area (Å²) in [7, 11) is 1.31. The fourth-order valence-corrected chi connectivity index (χ4v) is 2.93. The predicted octanol–water partition coefficient (Wildman–Crippen LogP) is 3.66. The lowest BCUT2D eigenvalue weighted by atomic mass is 10.1. The van der Waals surface area contributed by atoms with E-state index in [4.69, 9.17) is 9.47 Å². The Morgan fingerprint density at radius 3 is 2.72 bits per heavy atom. The van der Waals surface area contributed by atoms with Crippen LogP contribution in [0.1, 0.15) is 16.1 Å². The largest absolute Gasteiger partial charge is 0.508 e. The topological polar surface area (TPSA) is 60.7 Å². The van der Waals surface area contributed by atoms with Crippen molar-refractivity contribution < 1.29 is 23.8 Å². The van der Waals surface area contributed by atoms with Crippen LogP contribution in [0.4, 0.5) is 4.39 Å². The molecule has 25 heavy (non-hydrogen) atoms. The van der Waals surface area contributed by atoms with Gasteiger partial charge in [0.2, 0.25) is 0 Å². The second-order valence-corrected chi connectivity index (χ2v) is 5.58. The lowest BCUT2D eigenvalue weighted by molar-refractivity contribution is 0.0601. The summed E-state index contributed by atoms with van der Waals surface area (Å²) < 4.78 is 25.9. The van der Waals surface area contributed by atoms with E-state index >= 15 is 0 Å². The van der Waals surface area contributed by atoms with Crippen molar-refractivity contribution in [1.82, 2.24) is 4.57 Å². The summed E-state index contributed by atoms with van der Waals surface area (Å²) in [6, 6.07) is 11.0. The number of phenolic OH excluding ortho intramolecular Hbond substituents is 1. The number of aromatic nitrogens is 1. The van der Waals surface area contributed by atoms with Crippen molar-refractivity contribution in [3.05, 3.63) is 59.5 Å². The van der Waals surface area contributed by atoms with Gasteiger partial charge in [0.15, 0.2) is 11.6 Å². The summed E-state index contributed by atoms with van der Waals surface area (Å²) in [5.74, 6) is -0.640. The lowest BCUT2D eigenvalue weighted by Crippen LogP contribution is -2.11. The zero-order chi connectivity index (χ0) is 18.0. The van der Waals surface area contributed by atoms with Crippen LogP contribution in [0.25, 0.3) is 10.9 Å². The third-order valence-corrected chi connectivity index (χ3v) is 4.11. The molecule has 6 heteroatoms. The maximum absolute atomic E-state index is 13.6. The quantitative estimate of drug-likeness (QED) is 0.718. The van der Waals surface area contributed by atoms with E-state index in [0.29, 0.717) is 23.2 Å². The Bertz CT molecular complexity index is 933. The molecule has 0 aliphatic rings.